The first-order chi connectivity index (χ1) is 10.8. The molecule has 7 heteroatoms. The monoisotopic (exact) mass is 324 g/mol. The lowest BCUT2D eigenvalue weighted by Gasteiger charge is -2.12. The Hall–Kier alpha value is -1.57. The summed E-state index contributed by atoms with van der Waals surface area (Å²) in [4.78, 5) is 8.54. The molecule has 0 fully saturated rings. The van der Waals surface area contributed by atoms with Gasteiger partial charge in [-0.05, 0) is 12.3 Å². The predicted octanol–water partition coefficient (Wildman–Crippen LogP) is 2.40. The third-order valence-corrected chi connectivity index (χ3v) is 3.71. The lowest BCUT2D eigenvalue weighted by Crippen LogP contribution is -2.10. The second-order valence-corrected chi connectivity index (χ2v) is 5.15. The van der Waals surface area contributed by atoms with Gasteiger partial charge in [0.25, 0.3) is 0 Å². The second-order valence-electron chi connectivity index (χ2n) is 4.36. The van der Waals surface area contributed by atoms with Crippen LogP contribution in [0.4, 0.5) is 0 Å². The Morgan fingerprint density at radius 2 is 1.82 bits per heavy atom. The molecule has 2 aromatic rings. The number of hydrogen-bond acceptors (Lipinski definition) is 7. The van der Waals surface area contributed by atoms with Crippen molar-refractivity contribution in [3.8, 4) is 11.5 Å². The summed E-state index contributed by atoms with van der Waals surface area (Å²) in [5.41, 5.74) is 0.829. The van der Waals surface area contributed by atoms with Crippen molar-refractivity contribution in [2.45, 2.75) is 5.03 Å². The largest absolute Gasteiger partial charge is 0.493 e. The van der Waals surface area contributed by atoms with Crippen molar-refractivity contribution in [1.29, 1.82) is 0 Å². The van der Waals surface area contributed by atoms with E-state index < -0.39 is 0 Å². The zero-order chi connectivity index (χ0) is 15.8. The molecule has 1 aromatic heterocycles. The Morgan fingerprint density at radius 3 is 2.55 bits per heavy atom. The van der Waals surface area contributed by atoms with Gasteiger partial charge in [-0.2, -0.15) is 0 Å². The predicted molar refractivity (Wildman–Crippen MR) is 86.1 cm³/mol. The van der Waals surface area contributed by atoms with Crippen molar-refractivity contribution in [3.63, 3.8) is 0 Å². The van der Waals surface area contributed by atoms with Crippen LogP contribution in [0.15, 0.2) is 23.5 Å². The highest BCUT2D eigenvalue weighted by Gasteiger charge is 2.11. The summed E-state index contributed by atoms with van der Waals surface area (Å²) < 4.78 is 21.4. The van der Waals surface area contributed by atoms with Gasteiger partial charge in [-0.3, -0.25) is 0 Å². The maximum atomic E-state index is 5.73. The van der Waals surface area contributed by atoms with E-state index in [1.165, 1.54) is 0 Å². The van der Waals surface area contributed by atoms with Crippen LogP contribution >= 0.6 is 11.8 Å². The van der Waals surface area contributed by atoms with Crippen LogP contribution in [0.1, 0.15) is 0 Å². The number of hydrogen-bond donors (Lipinski definition) is 0. The van der Waals surface area contributed by atoms with Gasteiger partial charge >= 0.3 is 0 Å². The zero-order valence-corrected chi connectivity index (χ0v) is 13.8. The van der Waals surface area contributed by atoms with Gasteiger partial charge in [0.2, 0.25) is 0 Å². The fourth-order valence-electron chi connectivity index (χ4n) is 1.93. The fraction of sp³-hybridized carbons (Fsp3) is 0.467. The number of rotatable bonds is 9. The second kappa shape index (κ2) is 8.77. The number of aromatic nitrogens is 2. The molecule has 0 radical (unpaired) electrons. The van der Waals surface area contributed by atoms with E-state index in [1.54, 1.807) is 32.3 Å². The molecule has 0 saturated carbocycles. The van der Waals surface area contributed by atoms with Gasteiger partial charge < -0.3 is 18.9 Å². The van der Waals surface area contributed by atoms with Crippen molar-refractivity contribution in [3.05, 3.63) is 18.5 Å². The molecule has 0 aliphatic rings. The highest BCUT2D eigenvalue weighted by Crippen LogP contribution is 2.34. The number of nitrogens with zero attached hydrogens (tertiary/aromatic N) is 2. The van der Waals surface area contributed by atoms with Gasteiger partial charge in [-0.1, -0.05) is 0 Å². The quantitative estimate of drug-likeness (QED) is 0.399. The van der Waals surface area contributed by atoms with E-state index in [4.69, 9.17) is 18.9 Å². The molecule has 1 heterocycles. The Morgan fingerprint density at radius 1 is 1.00 bits per heavy atom. The fourth-order valence-corrected chi connectivity index (χ4v) is 2.47. The standard InChI is InChI=1S/C15H20N2O4S/c1-18-4-5-20-6-7-21-14-9-12-11(8-13(14)19-2)15(22-3)17-10-16-12/h8-10H,4-7H2,1-3H3. The molecule has 0 unspecified atom stereocenters. The summed E-state index contributed by atoms with van der Waals surface area (Å²) in [7, 11) is 3.26. The molecule has 0 aliphatic heterocycles. The molecular weight excluding hydrogens is 304 g/mol. The van der Waals surface area contributed by atoms with Gasteiger partial charge in [-0.15, -0.1) is 11.8 Å². The summed E-state index contributed by atoms with van der Waals surface area (Å²) in [5, 5.41) is 1.87. The Bertz CT molecular complexity index is 609. The molecule has 22 heavy (non-hydrogen) atoms. The van der Waals surface area contributed by atoms with E-state index in [0.29, 0.717) is 37.9 Å². The van der Waals surface area contributed by atoms with Crippen molar-refractivity contribution >= 4 is 22.7 Å². The molecule has 0 atom stereocenters. The number of benzene rings is 1. The third kappa shape index (κ3) is 4.22. The van der Waals surface area contributed by atoms with Crippen molar-refractivity contribution in [2.75, 3.05) is 46.9 Å². The van der Waals surface area contributed by atoms with Gasteiger partial charge in [0.15, 0.2) is 11.5 Å². The van der Waals surface area contributed by atoms with E-state index in [0.717, 1.165) is 15.9 Å². The van der Waals surface area contributed by atoms with Crippen LogP contribution in [0.2, 0.25) is 0 Å². The first-order valence-electron chi connectivity index (χ1n) is 6.86. The van der Waals surface area contributed by atoms with E-state index in [1.807, 2.05) is 18.4 Å². The van der Waals surface area contributed by atoms with E-state index >= 15 is 0 Å². The van der Waals surface area contributed by atoms with E-state index in [9.17, 15) is 0 Å². The van der Waals surface area contributed by atoms with Crippen LogP contribution in [0.25, 0.3) is 10.9 Å². The van der Waals surface area contributed by atoms with Gasteiger partial charge in [-0.25, -0.2) is 9.97 Å². The molecular formula is C15H20N2O4S. The molecule has 1 aromatic carbocycles. The molecule has 0 N–H and O–H groups in total. The lowest BCUT2D eigenvalue weighted by atomic mass is 10.2. The summed E-state index contributed by atoms with van der Waals surface area (Å²) in [5.74, 6) is 1.31. The molecule has 0 spiro atoms. The molecule has 0 bridgehead atoms. The highest BCUT2D eigenvalue weighted by molar-refractivity contribution is 7.98. The first-order valence-corrected chi connectivity index (χ1v) is 8.08. The van der Waals surface area contributed by atoms with E-state index in [2.05, 4.69) is 9.97 Å². The Balaban J connectivity index is 2.09. The van der Waals surface area contributed by atoms with Gasteiger partial charge in [0.1, 0.15) is 18.0 Å². The average molecular weight is 324 g/mol. The third-order valence-electron chi connectivity index (χ3n) is 2.99. The maximum absolute atomic E-state index is 5.73. The topological polar surface area (TPSA) is 62.7 Å². The number of ether oxygens (including phenoxy) is 4. The summed E-state index contributed by atoms with van der Waals surface area (Å²) in [6.07, 6.45) is 3.54. The number of thioether (sulfide) groups is 1. The van der Waals surface area contributed by atoms with Crippen LogP contribution in [0.5, 0.6) is 11.5 Å². The molecule has 120 valence electrons. The normalized spacial score (nSPS) is 10.9. The summed E-state index contributed by atoms with van der Waals surface area (Å²) in [6.45, 7) is 2.06. The Kier molecular flexibility index (Phi) is 6.70. The smallest absolute Gasteiger partial charge is 0.163 e. The van der Waals surface area contributed by atoms with Crippen molar-refractivity contribution in [2.24, 2.45) is 0 Å². The summed E-state index contributed by atoms with van der Waals surface area (Å²) >= 11 is 1.57. The molecule has 0 aliphatic carbocycles. The SMILES string of the molecule is COCCOCCOc1cc2ncnc(SC)c2cc1OC. The van der Waals surface area contributed by atoms with Crippen LogP contribution in [0.3, 0.4) is 0 Å². The maximum Gasteiger partial charge on any atom is 0.163 e. The van der Waals surface area contributed by atoms with Gasteiger partial charge in [0.05, 0.1) is 32.4 Å². The number of fused-ring (bicyclic) bond motifs is 1. The molecule has 0 saturated heterocycles. The van der Waals surface area contributed by atoms with Crippen molar-refractivity contribution in [1.82, 2.24) is 9.97 Å². The van der Waals surface area contributed by atoms with Gasteiger partial charge in [0, 0.05) is 18.6 Å². The minimum Gasteiger partial charge on any atom is -0.493 e. The minimum atomic E-state index is 0.437. The molecule has 6 nitrogen and oxygen atoms in total. The molecule has 2 rings (SSSR count). The van der Waals surface area contributed by atoms with Crippen LogP contribution in [0, 0.1) is 0 Å². The first kappa shape index (κ1) is 16.8. The Labute approximate surface area is 134 Å². The highest BCUT2D eigenvalue weighted by atomic mass is 32.2. The van der Waals surface area contributed by atoms with Crippen molar-refractivity contribution < 1.29 is 18.9 Å². The average Bonchev–Trinajstić information content (AvgIpc) is 2.56. The number of methoxy groups -OCH3 is 2. The van der Waals surface area contributed by atoms with Crippen LogP contribution in [-0.4, -0.2) is 56.9 Å². The van der Waals surface area contributed by atoms with Crippen LogP contribution in [-0.2, 0) is 9.47 Å². The molecule has 0 amide bonds. The van der Waals surface area contributed by atoms with Crippen LogP contribution < -0.4 is 9.47 Å². The summed E-state index contributed by atoms with van der Waals surface area (Å²) in [6, 6.07) is 3.77. The zero-order valence-electron chi connectivity index (χ0n) is 13.0. The van der Waals surface area contributed by atoms with E-state index in [-0.39, 0.29) is 0 Å². The minimum absolute atomic E-state index is 0.437. The lowest BCUT2D eigenvalue weighted by molar-refractivity contribution is 0.0540.